The van der Waals surface area contributed by atoms with Gasteiger partial charge >= 0.3 is 333 Å². The first-order valence-corrected chi connectivity index (χ1v) is 57.1. The summed E-state index contributed by atoms with van der Waals surface area (Å²) in [6.45, 7) is 82.1. The van der Waals surface area contributed by atoms with E-state index in [1.165, 1.54) is 0 Å². The summed E-state index contributed by atoms with van der Waals surface area (Å²) in [7, 11) is -14.8. The first kappa shape index (κ1) is 51.6. The van der Waals surface area contributed by atoms with Gasteiger partial charge in [-0.2, -0.15) is 0 Å². The maximum atomic E-state index is 7.13. The zero-order valence-corrected chi connectivity index (χ0v) is 52.9. The van der Waals surface area contributed by atoms with Crippen molar-refractivity contribution in [2.24, 2.45) is 7.13 Å². The van der Waals surface area contributed by atoms with Crippen molar-refractivity contribution in [2.45, 2.75) is 225 Å². The fraction of sp³-hybridized carbons (Fsp3) is 1.00. The van der Waals surface area contributed by atoms with Crippen molar-refractivity contribution in [3.05, 3.63) is 0 Å². The van der Waals surface area contributed by atoms with Crippen molar-refractivity contribution in [3.63, 3.8) is 0 Å². The second-order valence-electron chi connectivity index (χ2n) is 26.9. The quantitative estimate of drug-likeness (QED) is 0.155. The van der Waals surface area contributed by atoms with E-state index >= 15 is 0 Å². The second-order valence-corrected chi connectivity index (χ2v) is 97.4. The predicted octanol–water partition coefficient (Wildman–Crippen LogP) is 15.0. The molecule has 0 N–H and O–H groups in total. The molecule has 0 aromatic carbocycles. The molecule has 0 saturated carbocycles. The van der Waals surface area contributed by atoms with Crippen LogP contribution in [0.4, 0.5) is 0 Å². The van der Waals surface area contributed by atoms with Crippen molar-refractivity contribution in [3.8, 4) is 0 Å². The zero-order valence-electron chi connectivity index (χ0n) is 39.7. The van der Waals surface area contributed by atoms with Crippen LogP contribution in [-0.2, 0) is 0 Å². The molecule has 0 aliphatic rings. The van der Waals surface area contributed by atoms with E-state index in [1.54, 1.807) is 0 Å². The van der Waals surface area contributed by atoms with Crippen molar-refractivity contribution < 1.29 is 0 Å². The Labute approximate surface area is 330 Å². The number of hydrogen-bond acceptors (Lipinski definition) is 2. The Hall–Kier alpha value is 2.64. The van der Waals surface area contributed by atoms with E-state index in [2.05, 4.69) is 199 Å². The number of rotatable bonds is 14. The van der Waals surface area contributed by atoms with Crippen LogP contribution in [0.3, 0.4) is 0 Å². The molecule has 0 heterocycles. The minimum absolute atomic E-state index is 0.113. The Morgan fingerprint density at radius 1 is 0.286 bits per heavy atom. The molecule has 0 rings (SSSR count). The van der Waals surface area contributed by atoms with Crippen LogP contribution in [0.25, 0.3) is 0 Å². The summed E-state index contributed by atoms with van der Waals surface area (Å²) in [6, 6.07) is 0. The summed E-state index contributed by atoms with van der Waals surface area (Å²) < 4.78 is 18.0. The van der Waals surface area contributed by atoms with E-state index in [0.717, 1.165) is 16.0 Å². The molecule has 0 atom stereocenters. The molecule has 0 fully saturated rings. The van der Waals surface area contributed by atoms with Gasteiger partial charge in [-0.3, -0.25) is 0 Å². The van der Waals surface area contributed by atoms with Crippen LogP contribution in [0.5, 0.6) is 0 Å². The van der Waals surface area contributed by atoms with Crippen LogP contribution in [-0.4, -0.2) is 101 Å². The van der Waals surface area contributed by atoms with Gasteiger partial charge in [0.2, 0.25) is 0 Å². The summed E-state index contributed by atoms with van der Waals surface area (Å²) >= 11 is -4.19. The minimum atomic E-state index is -2.63. The molecule has 0 aliphatic heterocycles. The molecule has 0 radical (unpaired) electrons. The van der Waals surface area contributed by atoms with Crippen molar-refractivity contribution in [2.75, 3.05) is 0 Å². The van der Waals surface area contributed by atoms with Gasteiger partial charge in [-0.1, -0.05) is 0 Å². The van der Waals surface area contributed by atoms with E-state index < -0.39 is 101 Å². The molecule has 13 heteroatoms. The van der Waals surface area contributed by atoms with Gasteiger partial charge in [0.05, 0.1) is 0 Å². The summed E-state index contributed by atoms with van der Waals surface area (Å²) in [6.07, 6.45) is 0. The molecular weight excluding hydrogens is 858 g/mol. The Balaban J connectivity index is 9.75. The first-order chi connectivity index (χ1) is 20.7. The third kappa shape index (κ3) is 13.4. The van der Waals surface area contributed by atoms with E-state index in [0.29, 0.717) is 0 Å². The molecule has 292 valence electrons. The van der Waals surface area contributed by atoms with Crippen LogP contribution in [0.1, 0.15) is 41.5 Å². The standard InChI is InChI=1S/C36H94Ge2N2Si9/c1-35(2,3)49(36(4,5)6,39-37(31(41(7,8)9)42(10,11)12)32(43(13,14)15)44(16,17)18)40-38(33(45(19,20)21)46(22,23)24)34(47(25,26)27)48(28,29)30/h31-34H,1-30H3. The van der Waals surface area contributed by atoms with Gasteiger partial charge in [0.15, 0.2) is 0 Å². The normalized spacial score (nSPS) is 15.9. The fourth-order valence-electron chi connectivity index (χ4n) is 11.5. The van der Waals surface area contributed by atoms with Gasteiger partial charge in [0.1, 0.15) is 0 Å². The zero-order chi connectivity index (χ0) is 40.4. The average Bonchev–Trinajstić information content (AvgIpc) is 2.61. The van der Waals surface area contributed by atoms with Crippen LogP contribution in [0.15, 0.2) is 7.13 Å². The van der Waals surface area contributed by atoms with Crippen LogP contribution in [0, 0.1) is 0 Å². The molecule has 0 amide bonds. The molecule has 0 aliphatic carbocycles. The van der Waals surface area contributed by atoms with Gasteiger partial charge < -0.3 is 0 Å². The van der Waals surface area contributed by atoms with E-state index in [4.69, 9.17) is 7.13 Å². The SMILES string of the molecule is CC(C)(C)[Si]([N]=[Ge]([CH]([Si](C)(C)C)[Si](C)(C)C)[CH]([Si](C)(C)C)[Si](C)(C)C)([N]=[Ge]([CH]([Si](C)(C)C)[Si](C)(C)C)[CH]([Si](C)(C)C)[Si](C)(C)C)C(C)(C)C. The van der Waals surface area contributed by atoms with Gasteiger partial charge in [-0.25, -0.2) is 0 Å². The summed E-state index contributed by atoms with van der Waals surface area (Å²) in [5, 5.41) is 0.225. The topological polar surface area (TPSA) is 24.7 Å². The molecular formula is C36H94Ge2N2Si9. The summed E-state index contributed by atoms with van der Waals surface area (Å²) in [5.74, 6) is 0. The Morgan fingerprint density at radius 3 is 0.490 bits per heavy atom. The third-order valence-electron chi connectivity index (χ3n) is 10.8. The number of hydrogen-bond donors (Lipinski definition) is 0. The Morgan fingerprint density at radius 2 is 0.408 bits per heavy atom. The maximum absolute atomic E-state index is 7.13. The van der Waals surface area contributed by atoms with E-state index in [-0.39, 0.29) is 10.1 Å². The van der Waals surface area contributed by atoms with E-state index in [9.17, 15) is 0 Å². The van der Waals surface area contributed by atoms with Gasteiger partial charge in [0.25, 0.3) is 0 Å². The van der Waals surface area contributed by atoms with Crippen LogP contribution < -0.4 is 0 Å². The third-order valence-corrected chi connectivity index (χ3v) is 119. The summed E-state index contributed by atoms with van der Waals surface area (Å²) in [4.78, 5) is 0. The average molecular weight is 953 g/mol. The molecule has 0 bridgehead atoms. The number of nitrogens with zero attached hydrogens (tertiary/aromatic N) is 2. The van der Waals surface area contributed by atoms with Crippen LogP contribution >= 0.6 is 0 Å². The van der Waals surface area contributed by atoms with Crippen LogP contribution in [0.2, 0.25) is 183 Å². The molecule has 0 aromatic heterocycles. The van der Waals surface area contributed by atoms with Crippen molar-refractivity contribution in [1.82, 2.24) is 0 Å². The van der Waals surface area contributed by atoms with E-state index in [1.807, 2.05) is 0 Å². The fourth-order valence-corrected chi connectivity index (χ4v) is 151. The second kappa shape index (κ2) is 15.9. The van der Waals surface area contributed by atoms with Gasteiger partial charge in [0, 0.05) is 0 Å². The van der Waals surface area contributed by atoms with Gasteiger partial charge in [-0.05, 0) is 0 Å². The molecule has 0 aromatic rings. The molecule has 49 heavy (non-hydrogen) atoms. The molecule has 0 unspecified atom stereocenters. The predicted molar refractivity (Wildman–Crippen MR) is 263 cm³/mol. The first-order valence-electron chi connectivity index (χ1n) is 19.9. The van der Waals surface area contributed by atoms with Gasteiger partial charge in [-0.15, -0.1) is 0 Å². The molecule has 0 saturated heterocycles. The Bertz CT molecular complexity index is 962. The van der Waals surface area contributed by atoms with Crippen molar-refractivity contribution in [1.29, 1.82) is 0 Å². The Kier molecular flexibility index (Phi) is 16.7. The van der Waals surface area contributed by atoms with Crippen molar-refractivity contribution >= 4 is 101 Å². The monoisotopic (exact) mass is 954 g/mol. The molecule has 0 spiro atoms. The molecule has 2 nitrogen and oxygen atoms in total. The summed E-state index contributed by atoms with van der Waals surface area (Å²) in [5.41, 5.74) is 0.